The highest BCUT2D eigenvalue weighted by atomic mass is 19.1. The lowest BCUT2D eigenvalue weighted by Crippen LogP contribution is -2.42. The summed E-state index contributed by atoms with van der Waals surface area (Å²) in [6.07, 6.45) is 0. The van der Waals surface area contributed by atoms with Crippen LogP contribution >= 0.6 is 0 Å². The van der Waals surface area contributed by atoms with Crippen LogP contribution in [-0.4, -0.2) is 51.2 Å². The van der Waals surface area contributed by atoms with E-state index in [4.69, 9.17) is 0 Å². The van der Waals surface area contributed by atoms with Gasteiger partial charge in [0.1, 0.15) is 11.6 Å². The summed E-state index contributed by atoms with van der Waals surface area (Å²) in [4.78, 5) is 18.7. The van der Waals surface area contributed by atoms with Crippen LogP contribution in [0.25, 0.3) is 5.69 Å². The molecule has 24 heavy (non-hydrogen) atoms. The molecule has 7 heteroatoms. The van der Waals surface area contributed by atoms with Crippen molar-refractivity contribution in [1.29, 1.82) is 0 Å². The minimum absolute atomic E-state index is 0.114. The SMILES string of the molecule is CCN(CC)C(C)CNC(=O)c1nc(C)n(-c2ccc(F)cc2)n1. The number of hydrogen-bond donors (Lipinski definition) is 1. The highest BCUT2D eigenvalue weighted by molar-refractivity contribution is 5.90. The number of carbonyl (C=O) groups is 1. The summed E-state index contributed by atoms with van der Waals surface area (Å²) in [7, 11) is 0. The number of benzene rings is 1. The number of halogens is 1. The number of likely N-dealkylation sites (N-methyl/N-ethyl adjacent to an activating group) is 1. The van der Waals surface area contributed by atoms with Crippen LogP contribution in [0.5, 0.6) is 0 Å². The predicted octanol–water partition coefficient (Wildman–Crippen LogP) is 2.17. The molecule has 0 bridgehead atoms. The van der Waals surface area contributed by atoms with Crippen molar-refractivity contribution < 1.29 is 9.18 Å². The number of nitrogens with zero attached hydrogens (tertiary/aromatic N) is 4. The Balaban J connectivity index is 2.06. The summed E-state index contributed by atoms with van der Waals surface area (Å²) in [6, 6.07) is 6.14. The lowest BCUT2D eigenvalue weighted by atomic mass is 10.2. The summed E-state index contributed by atoms with van der Waals surface area (Å²) in [6.45, 7) is 10.4. The normalized spacial score (nSPS) is 12.4. The molecule has 0 saturated carbocycles. The van der Waals surface area contributed by atoms with E-state index in [1.807, 2.05) is 0 Å². The first-order valence-electron chi connectivity index (χ1n) is 8.18. The molecule has 1 unspecified atom stereocenters. The summed E-state index contributed by atoms with van der Waals surface area (Å²) in [5.74, 6) is 0.0602. The number of rotatable bonds is 7. The van der Waals surface area contributed by atoms with Crippen LogP contribution < -0.4 is 5.32 Å². The number of aryl methyl sites for hydroxylation is 1. The van der Waals surface area contributed by atoms with Gasteiger partial charge < -0.3 is 5.32 Å². The Kier molecular flexibility index (Phi) is 6.03. The van der Waals surface area contributed by atoms with Gasteiger partial charge in [0, 0.05) is 12.6 Å². The maximum absolute atomic E-state index is 13.0. The van der Waals surface area contributed by atoms with Gasteiger partial charge in [0.05, 0.1) is 5.69 Å². The first-order chi connectivity index (χ1) is 11.5. The molecule has 1 aromatic carbocycles. The van der Waals surface area contributed by atoms with Gasteiger partial charge in [-0.15, -0.1) is 5.10 Å². The lowest BCUT2D eigenvalue weighted by Gasteiger charge is -2.26. The van der Waals surface area contributed by atoms with Crippen molar-refractivity contribution in [2.75, 3.05) is 19.6 Å². The number of carbonyl (C=O) groups excluding carboxylic acids is 1. The molecule has 0 aliphatic rings. The van der Waals surface area contributed by atoms with Crippen LogP contribution in [0.3, 0.4) is 0 Å². The third kappa shape index (κ3) is 4.17. The number of aromatic nitrogens is 3. The fraction of sp³-hybridized carbons (Fsp3) is 0.471. The molecule has 1 atom stereocenters. The third-order valence-electron chi connectivity index (χ3n) is 4.04. The molecule has 1 heterocycles. The van der Waals surface area contributed by atoms with E-state index in [9.17, 15) is 9.18 Å². The molecule has 0 radical (unpaired) electrons. The topological polar surface area (TPSA) is 63.1 Å². The zero-order chi connectivity index (χ0) is 17.7. The first kappa shape index (κ1) is 18.1. The Labute approximate surface area is 141 Å². The molecule has 0 saturated heterocycles. The van der Waals surface area contributed by atoms with Crippen molar-refractivity contribution in [3.05, 3.63) is 41.7 Å². The quantitative estimate of drug-likeness (QED) is 0.843. The fourth-order valence-corrected chi connectivity index (χ4v) is 2.61. The van der Waals surface area contributed by atoms with Crippen LogP contribution in [0.1, 0.15) is 37.2 Å². The van der Waals surface area contributed by atoms with Crippen molar-refractivity contribution in [3.8, 4) is 5.69 Å². The van der Waals surface area contributed by atoms with E-state index < -0.39 is 0 Å². The zero-order valence-corrected chi connectivity index (χ0v) is 14.6. The predicted molar refractivity (Wildman–Crippen MR) is 90.8 cm³/mol. The molecule has 2 aromatic rings. The second-order valence-electron chi connectivity index (χ2n) is 5.65. The van der Waals surface area contributed by atoms with E-state index in [0.29, 0.717) is 18.1 Å². The van der Waals surface area contributed by atoms with Crippen molar-refractivity contribution in [2.45, 2.75) is 33.7 Å². The molecule has 0 aliphatic carbocycles. The Morgan fingerprint density at radius 3 is 2.50 bits per heavy atom. The van der Waals surface area contributed by atoms with E-state index in [1.54, 1.807) is 19.1 Å². The van der Waals surface area contributed by atoms with Crippen LogP contribution in [-0.2, 0) is 0 Å². The maximum atomic E-state index is 13.0. The summed E-state index contributed by atoms with van der Waals surface area (Å²) < 4.78 is 14.6. The van der Waals surface area contributed by atoms with E-state index in [1.165, 1.54) is 16.8 Å². The average Bonchev–Trinajstić information content (AvgIpc) is 2.96. The largest absolute Gasteiger partial charge is 0.348 e. The molecule has 1 amide bonds. The van der Waals surface area contributed by atoms with Crippen LogP contribution in [0.2, 0.25) is 0 Å². The van der Waals surface area contributed by atoms with E-state index in [-0.39, 0.29) is 23.6 Å². The van der Waals surface area contributed by atoms with Gasteiger partial charge >= 0.3 is 0 Å². The molecule has 0 fully saturated rings. The van der Waals surface area contributed by atoms with Gasteiger partial charge in [-0.1, -0.05) is 13.8 Å². The molecule has 130 valence electrons. The molecule has 6 nitrogen and oxygen atoms in total. The second kappa shape index (κ2) is 8.01. The Bertz CT molecular complexity index is 679. The minimum Gasteiger partial charge on any atom is -0.348 e. The van der Waals surface area contributed by atoms with Crippen molar-refractivity contribution in [2.24, 2.45) is 0 Å². The third-order valence-corrected chi connectivity index (χ3v) is 4.04. The van der Waals surface area contributed by atoms with E-state index >= 15 is 0 Å². The fourth-order valence-electron chi connectivity index (χ4n) is 2.61. The van der Waals surface area contributed by atoms with Gasteiger partial charge in [0.25, 0.3) is 5.91 Å². The molecule has 2 rings (SSSR count). The smallest absolute Gasteiger partial charge is 0.291 e. The van der Waals surface area contributed by atoms with Crippen LogP contribution in [0.15, 0.2) is 24.3 Å². The molecule has 1 N–H and O–H groups in total. The van der Waals surface area contributed by atoms with Crippen molar-refractivity contribution in [3.63, 3.8) is 0 Å². The van der Waals surface area contributed by atoms with Crippen LogP contribution in [0, 0.1) is 12.7 Å². The summed E-state index contributed by atoms with van der Waals surface area (Å²) >= 11 is 0. The zero-order valence-electron chi connectivity index (χ0n) is 14.6. The number of amides is 1. The molecule has 0 aliphatic heterocycles. The molecular weight excluding hydrogens is 309 g/mol. The summed E-state index contributed by atoms with van der Waals surface area (Å²) in [5.41, 5.74) is 0.664. The average molecular weight is 333 g/mol. The maximum Gasteiger partial charge on any atom is 0.291 e. The number of hydrogen-bond acceptors (Lipinski definition) is 4. The molecular formula is C17H24FN5O. The molecule has 1 aromatic heterocycles. The Morgan fingerprint density at radius 1 is 1.29 bits per heavy atom. The second-order valence-corrected chi connectivity index (χ2v) is 5.65. The minimum atomic E-state index is -0.320. The Hall–Kier alpha value is -2.28. The highest BCUT2D eigenvalue weighted by Gasteiger charge is 2.17. The highest BCUT2D eigenvalue weighted by Crippen LogP contribution is 2.10. The lowest BCUT2D eigenvalue weighted by molar-refractivity contribution is 0.0927. The van der Waals surface area contributed by atoms with Gasteiger partial charge in [-0.2, -0.15) is 0 Å². The van der Waals surface area contributed by atoms with E-state index in [0.717, 1.165) is 13.1 Å². The monoisotopic (exact) mass is 333 g/mol. The van der Waals surface area contributed by atoms with Crippen molar-refractivity contribution in [1.82, 2.24) is 25.0 Å². The van der Waals surface area contributed by atoms with Gasteiger partial charge in [-0.25, -0.2) is 14.1 Å². The standard InChI is InChI=1S/C17H24FN5O/c1-5-22(6-2)12(3)11-19-17(24)16-20-13(4)23(21-16)15-9-7-14(18)8-10-15/h7-10,12H,5-6,11H2,1-4H3,(H,19,24). The van der Waals surface area contributed by atoms with Gasteiger partial charge in [0.15, 0.2) is 0 Å². The summed E-state index contributed by atoms with van der Waals surface area (Å²) in [5, 5.41) is 7.10. The van der Waals surface area contributed by atoms with Gasteiger partial charge in [-0.3, -0.25) is 9.69 Å². The van der Waals surface area contributed by atoms with Crippen LogP contribution in [0.4, 0.5) is 4.39 Å². The Morgan fingerprint density at radius 2 is 1.92 bits per heavy atom. The molecule has 0 spiro atoms. The van der Waals surface area contributed by atoms with Gasteiger partial charge in [0.2, 0.25) is 5.82 Å². The number of nitrogens with one attached hydrogen (secondary N) is 1. The van der Waals surface area contributed by atoms with Gasteiger partial charge in [-0.05, 0) is 51.2 Å². The van der Waals surface area contributed by atoms with Crippen molar-refractivity contribution >= 4 is 5.91 Å². The first-order valence-corrected chi connectivity index (χ1v) is 8.18. The van der Waals surface area contributed by atoms with E-state index in [2.05, 4.69) is 41.1 Å².